The Morgan fingerprint density at radius 2 is 1.28 bits per heavy atom. The van der Waals surface area contributed by atoms with Gasteiger partial charge < -0.3 is 24.8 Å². The summed E-state index contributed by atoms with van der Waals surface area (Å²) >= 11 is 0. The van der Waals surface area contributed by atoms with Crippen LogP contribution in [-0.4, -0.2) is 30.3 Å². The number of hydrogen-bond donors (Lipinski definition) is 2. The Labute approximate surface area is 268 Å². The number of rotatable bonds is 11. The molecule has 6 aromatic rings. The lowest BCUT2D eigenvalue weighted by atomic mass is 10.1. The number of pyridine rings is 2. The van der Waals surface area contributed by atoms with E-state index in [1.807, 2.05) is 97.9 Å². The Morgan fingerprint density at radius 3 is 1.85 bits per heavy atom. The van der Waals surface area contributed by atoms with Crippen molar-refractivity contribution in [1.29, 1.82) is 0 Å². The van der Waals surface area contributed by atoms with Gasteiger partial charge in [0.05, 0.1) is 18.1 Å². The van der Waals surface area contributed by atoms with E-state index in [1.165, 1.54) is 12.1 Å². The molecule has 2 aromatic heterocycles. The van der Waals surface area contributed by atoms with Crippen LogP contribution in [0.5, 0.6) is 17.2 Å². The third-order valence-corrected chi connectivity index (χ3v) is 6.83. The van der Waals surface area contributed by atoms with Crippen LogP contribution in [0.2, 0.25) is 0 Å². The first-order valence-electron chi connectivity index (χ1n) is 14.7. The molecule has 0 radical (unpaired) electrons. The normalized spacial score (nSPS) is 10.7. The number of nitrogens with zero attached hydrogens (tertiary/aromatic N) is 2. The number of benzene rings is 4. The van der Waals surface area contributed by atoms with E-state index in [0.717, 1.165) is 56.1 Å². The van der Waals surface area contributed by atoms with Crippen molar-refractivity contribution in [2.75, 3.05) is 31.0 Å². The Kier molecular flexibility index (Phi) is 10.8. The fourth-order valence-electron chi connectivity index (χ4n) is 4.63. The number of nitrogens with one attached hydrogen (secondary N) is 2. The summed E-state index contributed by atoms with van der Waals surface area (Å²) in [7, 11) is 1.66. The summed E-state index contributed by atoms with van der Waals surface area (Å²) < 4.78 is 29.8. The van der Waals surface area contributed by atoms with E-state index in [2.05, 4.69) is 27.2 Å². The highest BCUT2D eigenvalue weighted by atomic mass is 19.1. The minimum absolute atomic E-state index is 0.270. The third kappa shape index (κ3) is 8.39. The van der Waals surface area contributed by atoms with Crippen molar-refractivity contribution in [3.05, 3.63) is 140 Å². The average Bonchev–Trinajstić information content (AvgIpc) is 3.08. The molecule has 46 heavy (non-hydrogen) atoms. The van der Waals surface area contributed by atoms with Crippen LogP contribution in [0.25, 0.3) is 21.8 Å². The molecule has 0 saturated carbocycles. The molecule has 0 fully saturated rings. The molecule has 8 heteroatoms. The summed E-state index contributed by atoms with van der Waals surface area (Å²) in [4.78, 5) is 8.79. The van der Waals surface area contributed by atoms with Gasteiger partial charge in [-0.05, 0) is 73.7 Å². The van der Waals surface area contributed by atoms with Gasteiger partial charge in [0, 0.05) is 64.1 Å². The fraction of sp³-hybridized carbons (Fsp3) is 0.105. The predicted molar refractivity (Wildman–Crippen MR) is 185 cm³/mol. The first-order chi connectivity index (χ1) is 22.6. The summed E-state index contributed by atoms with van der Waals surface area (Å²) in [5.74, 6) is 2.09. The lowest BCUT2D eigenvalue weighted by molar-refractivity contribution is 0.363. The Bertz CT molecular complexity index is 1960. The zero-order valence-corrected chi connectivity index (χ0v) is 25.7. The summed E-state index contributed by atoms with van der Waals surface area (Å²) in [5.41, 5.74) is 5.22. The van der Waals surface area contributed by atoms with Crippen LogP contribution in [0.3, 0.4) is 0 Å². The third-order valence-electron chi connectivity index (χ3n) is 6.83. The molecule has 6 rings (SSSR count). The van der Waals surface area contributed by atoms with Crippen LogP contribution < -0.4 is 24.8 Å². The van der Waals surface area contributed by atoms with Gasteiger partial charge in [0.15, 0.2) is 0 Å². The van der Waals surface area contributed by atoms with Crippen molar-refractivity contribution in [1.82, 2.24) is 9.97 Å². The van der Waals surface area contributed by atoms with Crippen LogP contribution in [0.15, 0.2) is 134 Å². The van der Waals surface area contributed by atoms with Crippen molar-refractivity contribution in [3.63, 3.8) is 0 Å². The summed E-state index contributed by atoms with van der Waals surface area (Å²) in [6.07, 6.45) is 9.11. The predicted octanol–water partition coefficient (Wildman–Crippen LogP) is 9.62. The molecule has 7 nitrogen and oxygen atoms in total. The zero-order valence-electron chi connectivity index (χ0n) is 25.7. The maximum absolute atomic E-state index is 13.3. The largest absolute Gasteiger partial charge is 0.497 e. The number of ether oxygens (including phenoxy) is 3. The van der Waals surface area contributed by atoms with Crippen LogP contribution >= 0.6 is 0 Å². The molecule has 0 aliphatic heterocycles. The minimum atomic E-state index is -0.270. The van der Waals surface area contributed by atoms with E-state index in [9.17, 15) is 4.39 Å². The molecule has 232 valence electrons. The van der Waals surface area contributed by atoms with Crippen molar-refractivity contribution in [2.45, 2.75) is 6.92 Å². The molecule has 0 spiro atoms. The molecule has 2 heterocycles. The van der Waals surface area contributed by atoms with E-state index in [-0.39, 0.29) is 5.82 Å². The van der Waals surface area contributed by atoms with E-state index in [1.54, 1.807) is 31.6 Å². The first kappa shape index (κ1) is 31.5. The van der Waals surface area contributed by atoms with Crippen molar-refractivity contribution >= 4 is 44.6 Å². The highest BCUT2D eigenvalue weighted by molar-refractivity contribution is 5.94. The molecule has 2 N–H and O–H groups in total. The SMILES string of the molecule is C/C=C/COc1ccc2c(Nc3cccc(F)c3)ccnc2c1.C=CCOc1ccc2c(Nc3cccc(OC)c3)ccnc2c1. The van der Waals surface area contributed by atoms with Gasteiger partial charge in [-0.15, -0.1) is 0 Å². The molecule has 0 aliphatic carbocycles. The molecule has 0 saturated heterocycles. The molecule has 0 aliphatic rings. The average molecular weight is 615 g/mol. The number of allylic oxidation sites excluding steroid dienone is 1. The topological polar surface area (TPSA) is 77.5 Å². The number of halogens is 1. The van der Waals surface area contributed by atoms with Gasteiger partial charge in [-0.1, -0.05) is 36.9 Å². The fourth-order valence-corrected chi connectivity index (χ4v) is 4.63. The maximum Gasteiger partial charge on any atom is 0.125 e. The number of aromatic nitrogens is 2. The Hall–Kier alpha value is -5.89. The van der Waals surface area contributed by atoms with Crippen LogP contribution in [0, 0.1) is 5.82 Å². The molecule has 4 aromatic carbocycles. The van der Waals surface area contributed by atoms with Gasteiger partial charge in [0.25, 0.3) is 0 Å². The molecule has 0 amide bonds. The second-order valence-corrected chi connectivity index (χ2v) is 10.0. The zero-order chi connectivity index (χ0) is 32.1. The van der Waals surface area contributed by atoms with Gasteiger partial charge in [-0.2, -0.15) is 0 Å². The lowest BCUT2D eigenvalue weighted by Gasteiger charge is -2.11. The van der Waals surface area contributed by atoms with E-state index in [0.29, 0.717) is 18.9 Å². The smallest absolute Gasteiger partial charge is 0.125 e. The monoisotopic (exact) mass is 614 g/mol. The number of fused-ring (bicyclic) bond motifs is 2. The summed E-state index contributed by atoms with van der Waals surface area (Å²) in [6, 6.07) is 29.6. The summed E-state index contributed by atoms with van der Waals surface area (Å²) in [6.45, 7) is 6.62. The van der Waals surface area contributed by atoms with Crippen LogP contribution in [0.4, 0.5) is 27.1 Å². The highest BCUT2D eigenvalue weighted by Crippen LogP contribution is 2.30. The molecular formula is C38H35FN4O3. The molecule has 0 bridgehead atoms. The molecular weight excluding hydrogens is 579 g/mol. The standard InChI is InChI=1S/C19H17FN2O.C19H18N2O2/c1-2-3-11-23-16-7-8-17-18(9-10-21-19(17)13-16)22-15-6-4-5-14(20)12-15;1-3-11-23-16-7-8-17-18(9-10-20-19(17)13-16)21-14-5-4-6-15(12-14)22-2/h2-10,12-13H,11H2,1H3,(H,21,22);3-10,12-13H,1,11H2,2H3,(H,20,21)/b3-2+;. The van der Waals surface area contributed by atoms with Gasteiger partial charge in [0.1, 0.15) is 36.3 Å². The lowest BCUT2D eigenvalue weighted by Crippen LogP contribution is -1.95. The minimum Gasteiger partial charge on any atom is -0.497 e. The second kappa shape index (κ2) is 15.7. The van der Waals surface area contributed by atoms with Gasteiger partial charge in [-0.25, -0.2) is 4.39 Å². The van der Waals surface area contributed by atoms with Crippen LogP contribution in [-0.2, 0) is 0 Å². The van der Waals surface area contributed by atoms with Gasteiger partial charge >= 0.3 is 0 Å². The quantitative estimate of drug-likeness (QED) is 0.141. The molecule has 0 unspecified atom stereocenters. The maximum atomic E-state index is 13.3. The first-order valence-corrected chi connectivity index (χ1v) is 14.7. The number of hydrogen-bond acceptors (Lipinski definition) is 7. The second-order valence-electron chi connectivity index (χ2n) is 10.0. The van der Waals surface area contributed by atoms with E-state index < -0.39 is 0 Å². The van der Waals surface area contributed by atoms with E-state index >= 15 is 0 Å². The number of methoxy groups -OCH3 is 1. The van der Waals surface area contributed by atoms with Gasteiger partial charge in [0.2, 0.25) is 0 Å². The molecule has 0 atom stereocenters. The van der Waals surface area contributed by atoms with Crippen molar-refractivity contribution in [2.24, 2.45) is 0 Å². The van der Waals surface area contributed by atoms with E-state index in [4.69, 9.17) is 14.2 Å². The Morgan fingerprint density at radius 1 is 0.696 bits per heavy atom. The van der Waals surface area contributed by atoms with Crippen molar-refractivity contribution in [3.8, 4) is 17.2 Å². The highest BCUT2D eigenvalue weighted by Gasteiger charge is 2.06. The van der Waals surface area contributed by atoms with Gasteiger partial charge in [-0.3, -0.25) is 9.97 Å². The van der Waals surface area contributed by atoms with Crippen molar-refractivity contribution < 1.29 is 18.6 Å². The summed E-state index contributed by atoms with van der Waals surface area (Å²) in [5, 5.41) is 8.62. The van der Waals surface area contributed by atoms with Crippen LogP contribution in [0.1, 0.15) is 6.92 Å². The number of anilines is 4. The Balaban J connectivity index is 0.000000181.